The van der Waals surface area contributed by atoms with Crippen LogP contribution in [0, 0.1) is 0 Å². The molecule has 0 aliphatic carbocycles. The first kappa shape index (κ1) is 24.4. The fourth-order valence-electron chi connectivity index (χ4n) is 2.96. The second-order valence-corrected chi connectivity index (χ2v) is 7.49. The first-order valence-electron chi connectivity index (χ1n) is 10.2. The van der Waals surface area contributed by atoms with E-state index in [1.54, 1.807) is 48.5 Å². The third-order valence-electron chi connectivity index (χ3n) is 4.52. The third-order valence-corrected chi connectivity index (χ3v) is 4.86. The molecule has 3 amide bonds. The average Bonchev–Trinajstić information content (AvgIpc) is 2.83. The maximum Gasteiger partial charge on any atom is 0.312 e. The van der Waals surface area contributed by atoms with E-state index in [1.807, 2.05) is 30.3 Å². The van der Waals surface area contributed by atoms with Crippen LogP contribution in [0.3, 0.4) is 0 Å². The SMILES string of the molecule is NC(=O)NC(CC(=O)OCC(=O)Nc1ccc(N=Nc2ccccc2)cc1)c1ccccc1Cl. The second-order valence-electron chi connectivity index (χ2n) is 7.08. The number of urea groups is 1. The molecule has 1 unspecified atom stereocenters. The van der Waals surface area contributed by atoms with E-state index in [9.17, 15) is 14.4 Å². The smallest absolute Gasteiger partial charge is 0.312 e. The van der Waals surface area contributed by atoms with Crippen LogP contribution >= 0.6 is 11.6 Å². The number of anilines is 1. The van der Waals surface area contributed by atoms with Crippen molar-refractivity contribution in [1.82, 2.24) is 5.32 Å². The molecule has 0 fully saturated rings. The van der Waals surface area contributed by atoms with E-state index in [1.165, 1.54) is 0 Å². The number of hydrogen-bond acceptors (Lipinski definition) is 6. The van der Waals surface area contributed by atoms with Gasteiger partial charge in [0, 0.05) is 10.7 Å². The van der Waals surface area contributed by atoms with Gasteiger partial charge in [-0.05, 0) is 48.0 Å². The Morgan fingerprint density at radius 2 is 1.50 bits per heavy atom. The molecule has 10 heteroatoms. The van der Waals surface area contributed by atoms with Gasteiger partial charge >= 0.3 is 12.0 Å². The average molecular weight is 480 g/mol. The highest BCUT2D eigenvalue weighted by molar-refractivity contribution is 6.31. The Bertz CT molecular complexity index is 1170. The van der Waals surface area contributed by atoms with Gasteiger partial charge in [-0.25, -0.2) is 4.79 Å². The Hall–Kier alpha value is -4.24. The number of hydrogen-bond donors (Lipinski definition) is 3. The number of nitrogens with two attached hydrogens (primary N) is 1. The van der Waals surface area contributed by atoms with Crippen molar-refractivity contribution >= 4 is 46.6 Å². The monoisotopic (exact) mass is 479 g/mol. The summed E-state index contributed by atoms with van der Waals surface area (Å²) in [7, 11) is 0. The van der Waals surface area contributed by atoms with Crippen molar-refractivity contribution in [2.24, 2.45) is 16.0 Å². The molecule has 0 bridgehead atoms. The number of nitrogens with one attached hydrogen (secondary N) is 2. The van der Waals surface area contributed by atoms with Gasteiger partial charge in [-0.1, -0.05) is 48.0 Å². The van der Waals surface area contributed by atoms with Crippen LogP contribution in [0.15, 0.2) is 89.1 Å². The molecule has 3 aromatic carbocycles. The van der Waals surface area contributed by atoms with Gasteiger partial charge in [-0.15, -0.1) is 0 Å². The highest BCUT2D eigenvalue weighted by Crippen LogP contribution is 2.25. The van der Waals surface area contributed by atoms with Crippen molar-refractivity contribution in [3.8, 4) is 0 Å². The first-order valence-corrected chi connectivity index (χ1v) is 10.6. The highest BCUT2D eigenvalue weighted by Gasteiger charge is 2.21. The van der Waals surface area contributed by atoms with Gasteiger partial charge in [0.25, 0.3) is 5.91 Å². The van der Waals surface area contributed by atoms with Crippen molar-refractivity contribution in [2.75, 3.05) is 11.9 Å². The Morgan fingerprint density at radius 1 is 0.882 bits per heavy atom. The van der Waals surface area contributed by atoms with Crippen LogP contribution in [-0.2, 0) is 14.3 Å². The van der Waals surface area contributed by atoms with Gasteiger partial charge in [0.15, 0.2) is 6.61 Å². The van der Waals surface area contributed by atoms with Gasteiger partial charge in [-0.3, -0.25) is 9.59 Å². The molecular weight excluding hydrogens is 458 g/mol. The molecule has 3 aromatic rings. The molecule has 0 radical (unpaired) electrons. The van der Waals surface area contributed by atoms with E-state index in [0.717, 1.165) is 5.69 Å². The van der Waals surface area contributed by atoms with Crippen molar-refractivity contribution in [2.45, 2.75) is 12.5 Å². The zero-order valence-electron chi connectivity index (χ0n) is 18.0. The standard InChI is InChI=1S/C24H22ClN5O4/c25-20-9-5-4-8-19(20)21(28-24(26)33)14-23(32)34-15-22(31)27-16-10-12-18(13-11-16)30-29-17-6-2-1-3-7-17/h1-13,21H,14-15H2,(H,27,31)(H3,26,28,33). The van der Waals surface area contributed by atoms with Crippen molar-refractivity contribution in [3.63, 3.8) is 0 Å². The minimum Gasteiger partial charge on any atom is -0.455 e. The lowest BCUT2D eigenvalue weighted by Crippen LogP contribution is -2.35. The van der Waals surface area contributed by atoms with Crippen LogP contribution in [0.1, 0.15) is 18.0 Å². The van der Waals surface area contributed by atoms with Crippen LogP contribution in [0.25, 0.3) is 0 Å². The summed E-state index contributed by atoms with van der Waals surface area (Å²) in [5.41, 5.74) is 7.55. The summed E-state index contributed by atoms with van der Waals surface area (Å²) in [5, 5.41) is 13.7. The van der Waals surface area contributed by atoms with Crippen LogP contribution in [0.5, 0.6) is 0 Å². The summed E-state index contributed by atoms with van der Waals surface area (Å²) in [5.74, 6) is -1.23. The molecule has 9 nitrogen and oxygen atoms in total. The van der Waals surface area contributed by atoms with Crippen LogP contribution < -0.4 is 16.4 Å². The van der Waals surface area contributed by atoms with Crippen molar-refractivity contribution in [1.29, 1.82) is 0 Å². The number of esters is 1. The fraction of sp³-hybridized carbons (Fsp3) is 0.125. The lowest BCUT2D eigenvalue weighted by Gasteiger charge is -2.18. The van der Waals surface area contributed by atoms with Crippen molar-refractivity contribution in [3.05, 3.63) is 89.4 Å². The molecular formula is C24H22ClN5O4. The predicted octanol–water partition coefficient (Wildman–Crippen LogP) is 5.04. The maximum atomic E-state index is 12.2. The summed E-state index contributed by atoms with van der Waals surface area (Å²) in [4.78, 5) is 35.7. The molecule has 0 saturated carbocycles. The summed E-state index contributed by atoms with van der Waals surface area (Å²) < 4.78 is 5.04. The van der Waals surface area contributed by atoms with E-state index >= 15 is 0 Å². The molecule has 0 aliphatic rings. The Balaban J connectivity index is 1.50. The van der Waals surface area contributed by atoms with Gasteiger partial charge in [0.2, 0.25) is 0 Å². The number of primary amides is 1. The molecule has 0 saturated heterocycles. The number of azo groups is 1. The maximum absolute atomic E-state index is 12.2. The number of carbonyl (C=O) groups is 3. The van der Waals surface area contributed by atoms with E-state index < -0.39 is 30.6 Å². The van der Waals surface area contributed by atoms with E-state index in [2.05, 4.69) is 20.9 Å². The third kappa shape index (κ3) is 7.72. The summed E-state index contributed by atoms with van der Waals surface area (Å²) >= 11 is 6.14. The quantitative estimate of drug-likeness (QED) is 0.292. The number of benzene rings is 3. The predicted molar refractivity (Wildman–Crippen MR) is 128 cm³/mol. The molecule has 0 spiro atoms. The van der Waals surface area contributed by atoms with Gasteiger partial charge in [0.1, 0.15) is 0 Å². The zero-order chi connectivity index (χ0) is 24.3. The van der Waals surface area contributed by atoms with Crippen LogP contribution in [0.4, 0.5) is 21.9 Å². The summed E-state index contributed by atoms with van der Waals surface area (Å²) in [6.07, 6.45) is -0.249. The van der Waals surface area contributed by atoms with E-state index in [4.69, 9.17) is 22.1 Å². The molecule has 0 aliphatic heterocycles. The first-order chi connectivity index (χ1) is 16.4. The minimum absolute atomic E-state index is 0.249. The molecule has 3 rings (SSSR count). The van der Waals surface area contributed by atoms with E-state index in [-0.39, 0.29) is 6.42 Å². The highest BCUT2D eigenvalue weighted by atomic mass is 35.5. The Kier molecular flexibility index (Phi) is 8.70. The van der Waals surface area contributed by atoms with E-state index in [0.29, 0.717) is 22.0 Å². The summed E-state index contributed by atoms with van der Waals surface area (Å²) in [6, 6.07) is 21.1. The lowest BCUT2D eigenvalue weighted by molar-refractivity contribution is -0.147. The Morgan fingerprint density at radius 3 is 2.15 bits per heavy atom. The zero-order valence-corrected chi connectivity index (χ0v) is 18.7. The number of nitrogens with zero attached hydrogens (tertiary/aromatic N) is 2. The number of halogens is 1. The summed E-state index contributed by atoms with van der Waals surface area (Å²) in [6.45, 7) is -0.500. The van der Waals surface area contributed by atoms with Gasteiger partial charge < -0.3 is 21.1 Å². The molecule has 4 N–H and O–H groups in total. The van der Waals surface area contributed by atoms with Crippen LogP contribution in [0.2, 0.25) is 5.02 Å². The molecule has 0 heterocycles. The number of amides is 3. The topological polar surface area (TPSA) is 135 Å². The van der Waals surface area contributed by atoms with Gasteiger partial charge in [0.05, 0.1) is 23.8 Å². The normalized spacial score (nSPS) is 11.6. The molecule has 174 valence electrons. The van der Waals surface area contributed by atoms with Crippen LogP contribution in [-0.4, -0.2) is 24.5 Å². The second kappa shape index (κ2) is 12.1. The molecule has 34 heavy (non-hydrogen) atoms. The number of carbonyl (C=O) groups excluding carboxylic acids is 3. The largest absolute Gasteiger partial charge is 0.455 e. The van der Waals surface area contributed by atoms with Gasteiger partial charge in [-0.2, -0.15) is 10.2 Å². The minimum atomic E-state index is -0.817. The fourth-order valence-corrected chi connectivity index (χ4v) is 3.23. The lowest BCUT2D eigenvalue weighted by atomic mass is 10.0. The molecule has 0 aromatic heterocycles. The number of rotatable bonds is 9. The Labute approximate surface area is 201 Å². The number of ether oxygens (including phenoxy) is 1. The van der Waals surface area contributed by atoms with Crippen molar-refractivity contribution < 1.29 is 19.1 Å². The molecule has 1 atom stereocenters.